The van der Waals surface area contributed by atoms with Crippen molar-refractivity contribution in [3.05, 3.63) is 29.3 Å². The summed E-state index contributed by atoms with van der Waals surface area (Å²) in [5.41, 5.74) is -1.21. The maximum atomic E-state index is 12.7. The van der Waals surface area contributed by atoms with Crippen molar-refractivity contribution in [3.63, 3.8) is 0 Å². The molecule has 2 unspecified atom stereocenters. The molecule has 0 spiro atoms. The van der Waals surface area contributed by atoms with Gasteiger partial charge in [-0.15, -0.1) is 11.8 Å². The van der Waals surface area contributed by atoms with E-state index in [1.807, 2.05) is 6.92 Å². The molecule has 1 aliphatic heterocycles. The van der Waals surface area contributed by atoms with Gasteiger partial charge in [-0.05, 0) is 31.5 Å². The third-order valence-electron chi connectivity index (χ3n) is 3.01. The van der Waals surface area contributed by atoms with Crippen LogP contribution >= 0.6 is 11.8 Å². The molecular formula is C13H12F3NOS. The van der Waals surface area contributed by atoms with Gasteiger partial charge in [0.15, 0.2) is 0 Å². The Morgan fingerprint density at radius 1 is 1.42 bits per heavy atom. The molecule has 0 bridgehead atoms. The number of rotatable bonds is 2. The zero-order valence-electron chi connectivity index (χ0n) is 10.2. The number of benzene rings is 1. The molecule has 1 fully saturated rings. The Morgan fingerprint density at radius 2 is 2.16 bits per heavy atom. The van der Waals surface area contributed by atoms with Gasteiger partial charge in [0.1, 0.15) is 0 Å². The van der Waals surface area contributed by atoms with E-state index < -0.39 is 11.7 Å². The van der Waals surface area contributed by atoms with Gasteiger partial charge in [-0.25, -0.2) is 0 Å². The lowest BCUT2D eigenvalue weighted by molar-refractivity contribution is -0.137. The summed E-state index contributed by atoms with van der Waals surface area (Å²) in [6.07, 6.45) is -3.54. The molecule has 19 heavy (non-hydrogen) atoms. The van der Waals surface area contributed by atoms with Crippen LogP contribution in [0.25, 0.3) is 0 Å². The van der Waals surface area contributed by atoms with E-state index in [4.69, 9.17) is 10.00 Å². The minimum Gasteiger partial charge on any atom is -0.377 e. The number of thioether (sulfide) groups is 1. The van der Waals surface area contributed by atoms with E-state index in [1.165, 1.54) is 23.9 Å². The maximum absolute atomic E-state index is 12.7. The Bertz CT molecular complexity index is 510. The van der Waals surface area contributed by atoms with E-state index in [2.05, 4.69) is 0 Å². The van der Waals surface area contributed by atoms with Crippen LogP contribution in [0.15, 0.2) is 23.1 Å². The van der Waals surface area contributed by atoms with E-state index in [0.29, 0.717) is 11.5 Å². The second kappa shape index (κ2) is 5.43. The Hall–Kier alpha value is -1.19. The maximum Gasteiger partial charge on any atom is 0.417 e. The number of halogens is 3. The van der Waals surface area contributed by atoms with Crippen LogP contribution in [0.2, 0.25) is 0 Å². The first kappa shape index (κ1) is 14.2. The standard InChI is InChI=1S/C13H12F3NOS/c1-8-12(4-5-18-8)19-10-2-3-11(13(14,15)16)9(6-10)7-17/h2-3,6,8,12H,4-5H2,1H3. The highest BCUT2D eigenvalue weighted by molar-refractivity contribution is 8.00. The number of ether oxygens (including phenoxy) is 1. The van der Waals surface area contributed by atoms with Gasteiger partial charge in [-0.3, -0.25) is 0 Å². The van der Waals surface area contributed by atoms with E-state index in [9.17, 15) is 13.2 Å². The van der Waals surface area contributed by atoms with Gasteiger partial charge in [-0.2, -0.15) is 18.4 Å². The van der Waals surface area contributed by atoms with Crippen LogP contribution in [0.3, 0.4) is 0 Å². The summed E-state index contributed by atoms with van der Waals surface area (Å²) < 4.78 is 43.4. The SMILES string of the molecule is CC1OCCC1Sc1ccc(C(F)(F)F)c(C#N)c1. The molecule has 1 aromatic rings. The topological polar surface area (TPSA) is 33.0 Å². The Balaban J connectivity index is 2.23. The molecule has 102 valence electrons. The van der Waals surface area contributed by atoms with Gasteiger partial charge < -0.3 is 4.74 Å². The molecule has 2 rings (SSSR count). The highest BCUT2D eigenvalue weighted by Gasteiger charge is 2.34. The fourth-order valence-corrected chi connectivity index (χ4v) is 3.14. The molecule has 1 heterocycles. The van der Waals surface area contributed by atoms with Gasteiger partial charge in [-0.1, -0.05) is 0 Å². The monoisotopic (exact) mass is 287 g/mol. The van der Waals surface area contributed by atoms with E-state index >= 15 is 0 Å². The molecule has 2 atom stereocenters. The molecule has 0 N–H and O–H groups in total. The molecule has 0 aromatic heterocycles. The highest BCUT2D eigenvalue weighted by Crippen LogP contribution is 2.37. The number of hydrogen-bond donors (Lipinski definition) is 0. The van der Waals surface area contributed by atoms with Gasteiger partial charge in [0.05, 0.1) is 23.3 Å². The van der Waals surface area contributed by atoms with Gasteiger partial charge in [0, 0.05) is 16.8 Å². The number of hydrogen-bond acceptors (Lipinski definition) is 3. The summed E-state index contributed by atoms with van der Waals surface area (Å²) in [7, 11) is 0. The first-order valence-electron chi connectivity index (χ1n) is 5.81. The number of nitrogens with zero attached hydrogens (tertiary/aromatic N) is 1. The minimum absolute atomic E-state index is 0.0813. The van der Waals surface area contributed by atoms with Crippen molar-refractivity contribution in [1.29, 1.82) is 5.26 Å². The van der Waals surface area contributed by atoms with Crippen LogP contribution in [0.4, 0.5) is 13.2 Å². The first-order valence-corrected chi connectivity index (χ1v) is 6.69. The van der Waals surface area contributed by atoms with E-state index in [0.717, 1.165) is 12.5 Å². The summed E-state index contributed by atoms with van der Waals surface area (Å²) >= 11 is 1.46. The molecule has 0 aliphatic carbocycles. The lowest BCUT2D eigenvalue weighted by Gasteiger charge is -2.15. The summed E-state index contributed by atoms with van der Waals surface area (Å²) in [6, 6.07) is 5.31. The van der Waals surface area contributed by atoms with E-state index in [-0.39, 0.29) is 16.9 Å². The van der Waals surface area contributed by atoms with Crippen LogP contribution in [0.1, 0.15) is 24.5 Å². The molecule has 0 amide bonds. The van der Waals surface area contributed by atoms with Crippen molar-refractivity contribution in [2.75, 3.05) is 6.61 Å². The van der Waals surface area contributed by atoms with Crippen molar-refractivity contribution < 1.29 is 17.9 Å². The molecule has 1 aromatic carbocycles. The summed E-state index contributed by atoms with van der Waals surface area (Å²) in [6.45, 7) is 2.62. The molecule has 1 saturated heterocycles. The lowest BCUT2D eigenvalue weighted by Crippen LogP contribution is -2.13. The quantitative estimate of drug-likeness (QED) is 0.828. The molecule has 0 saturated carbocycles. The van der Waals surface area contributed by atoms with Crippen molar-refractivity contribution in [3.8, 4) is 6.07 Å². The smallest absolute Gasteiger partial charge is 0.377 e. The van der Waals surface area contributed by atoms with Crippen LogP contribution in [-0.4, -0.2) is 18.0 Å². The average molecular weight is 287 g/mol. The summed E-state index contributed by atoms with van der Waals surface area (Å²) in [4.78, 5) is 0.673. The average Bonchev–Trinajstić information content (AvgIpc) is 2.73. The van der Waals surface area contributed by atoms with Crippen molar-refractivity contribution in [1.82, 2.24) is 0 Å². The second-order valence-electron chi connectivity index (χ2n) is 4.34. The Labute approximate surface area is 113 Å². The first-order chi connectivity index (χ1) is 8.91. The van der Waals surface area contributed by atoms with Gasteiger partial charge in [0.2, 0.25) is 0 Å². The van der Waals surface area contributed by atoms with Crippen molar-refractivity contribution in [2.45, 2.75) is 35.8 Å². The molecule has 6 heteroatoms. The number of alkyl halides is 3. The number of nitriles is 1. The van der Waals surface area contributed by atoms with Crippen molar-refractivity contribution in [2.24, 2.45) is 0 Å². The van der Waals surface area contributed by atoms with Gasteiger partial charge in [0.25, 0.3) is 0 Å². The molecular weight excluding hydrogens is 275 g/mol. The molecule has 1 aliphatic rings. The largest absolute Gasteiger partial charge is 0.417 e. The zero-order chi connectivity index (χ0) is 14.0. The van der Waals surface area contributed by atoms with Gasteiger partial charge >= 0.3 is 6.18 Å². The summed E-state index contributed by atoms with van der Waals surface area (Å²) in [5.74, 6) is 0. The fourth-order valence-electron chi connectivity index (χ4n) is 1.98. The van der Waals surface area contributed by atoms with Crippen molar-refractivity contribution >= 4 is 11.8 Å². The highest BCUT2D eigenvalue weighted by atomic mass is 32.2. The lowest BCUT2D eigenvalue weighted by atomic mass is 10.1. The normalized spacial score (nSPS) is 23.3. The van der Waals surface area contributed by atoms with Crippen LogP contribution in [-0.2, 0) is 10.9 Å². The van der Waals surface area contributed by atoms with Crippen LogP contribution < -0.4 is 0 Å². The Morgan fingerprint density at radius 3 is 2.68 bits per heavy atom. The third kappa shape index (κ3) is 3.23. The van der Waals surface area contributed by atoms with E-state index in [1.54, 1.807) is 6.07 Å². The van der Waals surface area contributed by atoms with Crippen LogP contribution in [0, 0.1) is 11.3 Å². The minimum atomic E-state index is -4.49. The molecule has 2 nitrogen and oxygen atoms in total. The predicted octanol–water partition coefficient (Wildman–Crippen LogP) is 3.85. The fraction of sp³-hybridized carbons (Fsp3) is 0.462. The second-order valence-corrected chi connectivity index (χ2v) is 5.65. The third-order valence-corrected chi connectivity index (χ3v) is 4.46. The van der Waals surface area contributed by atoms with Crippen LogP contribution in [0.5, 0.6) is 0 Å². The Kier molecular flexibility index (Phi) is 4.07. The zero-order valence-corrected chi connectivity index (χ0v) is 11.0. The molecule has 0 radical (unpaired) electrons. The predicted molar refractivity (Wildman–Crippen MR) is 65.8 cm³/mol. The summed E-state index contributed by atoms with van der Waals surface area (Å²) in [5, 5.41) is 9.06.